The summed E-state index contributed by atoms with van der Waals surface area (Å²) in [6.45, 7) is 4.15. The molecule has 1 aromatic heterocycles. The third-order valence-corrected chi connectivity index (χ3v) is 1.19. The average Bonchev–Trinajstić information content (AvgIpc) is 2.36. The average molecular weight is 154 g/mol. The Labute approximate surface area is 64.6 Å². The van der Waals surface area contributed by atoms with Crippen molar-refractivity contribution in [2.24, 2.45) is 0 Å². The van der Waals surface area contributed by atoms with E-state index in [-0.39, 0.29) is 5.91 Å². The molecule has 1 aromatic rings. The number of carbonyl (C=O) groups excluding carboxylic acids is 1. The van der Waals surface area contributed by atoms with E-state index in [4.69, 9.17) is 4.42 Å². The first-order chi connectivity index (χ1) is 5.24. The SMILES string of the molecule is CCNC(=O)c1coc(C)n1. The van der Waals surface area contributed by atoms with E-state index in [1.807, 2.05) is 6.92 Å². The van der Waals surface area contributed by atoms with Gasteiger partial charge < -0.3 is 9.73 Å². The normalized spacial score (nSPS) is 9.64. The lowest BCUT2D eigenvalue weighted by atomic mass is 10.4. The van der Waals surface area contributed by atoms with Crippen LogP contribution in [0.1, 0.15) is 23.3 Å². The molecule has 0 saturated carbocycles. The third kappa shape index (κ3) is 1.80. The van der Waals surface area contributed by atoms with Gasteiger partial charge in [-0.3, -0.25) is 4.79 Å². The van der Waals surface area contributed by atoms with Gasteiger partial charge in [0.25, 0.3) is 5.91 Å². The Morgan fingerprint density at radius 3 is 3.00 bits per heavy atom. The highest BCUT2D eigenvalue weighted by Crippen LogP contribution is 1.98. The third-order valence-electron chi connectivity index (χ3n) is 1.19. The lowest BCUT2D eigenvalue weighted by Gasteiger charge is -1.94. The smallest absolute Gasteiger partial charge is 0.273 e. The molecule has 4 nitrogen and oxygen atoms in total. The van der Waals surface area contributed by atoms with Gasteiger partial charge in [0.05, 0.1) is 0 Å². The molecule has 0 fully saturated rings. The largest absolute Gasteiger partial charge is 0.448 e. The number of aryl methyl sites for hydroxylation is 1. The van der Waals surface area contributed by atoms with Gasteiger partial charge in [-0.25, -0.2) is 4.98 Å². The maximum absolute atomic E-state index is 11.0. The minimum atomic E-state index is -0.190. The predicted octanol–water partition coefficient (Wildman–Crippen LogP) is 0.733. The molecule has 1 heterocycles. The van der Waals surface area contributed by atoms with Crippen molar-refractivity contribution in [2.75, 3.05) is 6.54 Å². The zero-order chi connectivity index (χ0) is 8.27. The topological polar surface area (TPSA) is 55.1 Å². The van der Waals surface area contributed by atoms with E-state index in [9.17, 15) is 4.79 Å². The molecule has 0 aliphatic rings. The van der Waals surface area contributed by atoms with Gasteiger partial charge in [0.15, 0.2) is 11.6 Å². The Bertz CT molecular complexity index is 255. The van der Waals surface area contributed by atoms with Crippen LogP contribution < -0.4 is 5.32 Å². The zero-order valence-corrected chi connectivity index (χ0v) is 6.55. The number of rotatable bonds is 2. The molecular formula is C7H10N2O2. The van der Waals surface area contributed by atoms with Crippen LogP contribution in [0.5, 0.6) is 0 Å². The summed E-state index contributed by atoms with van der Waals surface area (Å²) >= 11 is 0. The minimum Gasteiger partial charge on any atom is -0.448 e. The summed E-state index contributed by atoms with van der Waals surface area (Å²) in [5, 5.41) is 2.61. The summed E-state index contributed by atoms with van der Waals surface area (Å²) in [5.41, 5.74) is 0.337. The Morgan fingerprint density at radius 2 is 2.55 bits per heavy atom. The summed E-state index contributed by atoms with van der Waals surface area (Å²) in [5.74, 6) is 0.315. The molecule has 0 unspecified atom stereocenters. The molecule has 11 heavy (non-hydrogen) atoms. The molecule has 0 saturated heterocycles. The maximum Gasteiger partial charge on any atom is 0.273 e. The minimum absolute atomic E-state index is 0.190. The van der Waals surface area contributed by atoms with Crippen LogP contribution in [0.4, 0.5) is 0 Å². The number of carbonyl (C=O) groups is 1. The highest BCUT2D eigenvalue weighted by atomic mass is 16.3. The molecule has 1 amide bonds. The van der Waals surface area contributed by atoms with Crippen molar-refractivity contribution < 1.29 is 9.21 Å². The van der Waals surface area contributed by atoms with Gasteiger partial charge in [0.2, 0.25) is 0 Å². The molecule has 0 aromatic carbocycles. The molecule has 0 aliphatic carbocycles. The van der Waals surface area contributed by atoms with E-state index >= 15 is 0 Å². The fourth-order valence-corrected chi connectivity index (χ4v) is 0.719. The van der Waals surface area contributed by atoms with Gasteiger partial charge >= 0.3 is 0 Å². The summed E-state index contributed by atoms with van der Waals surface area (Å²) < 4.78 is 4.86. The highest BCUT2D eigenvalue weighted by Gasteiger charge is 2.07. The van der Waals surface area contributed by atoms with E-state index in [1.165, 1.54) is 6.26 Å². The first-order valence-electron chi connectivity index (χ1n) is 3.44. The first kappa shape index (κ1) is 7.78. The standard InChI is InChI=1S/C7H10N2O2/c1-3-8-7(10)6-4-11-5(2)9-6/h4H,3H2,1-2H3,(H,8,10). The predicted molar refractivity (Wildman–Crippen MR) is 39.2 cm³/mol. The van der Waals surface area contributed by atoms with Crippen LogP contribution in [-0.2, 0) is 0 Å². The number of amides is 1. The molecular weight excluding hydrogens is 144 g/mol. The van der Waals surface area contributed by atoms with Crippen molar-refractivity contribution in [3.63, 3.8) is 0 Å². The monoisotopic (exact) mass is 154 g/mol. The van der Waals surface area contributed by atoms with Crippen molar-refractivity contribution in [1.82, 2.24) is 10.3 Å². The van der Waals surface area contributed by atoms with Crippen LogP contribution in [0.3, 0.4) is 0 Å². The molecule has 0 radical (unpaired) electrons. The quantitative estimate of drug-likeness (QED) is 0.683. The Hall–Kier alpha value is -1.32. The highest BCUT2D eigenvalue weighted by molar-refractivity contribution is 5.91. The summed E-state index contributed by atoms with van der Waals surface area (Å²) in [6.07, 6.45) is 1.35. The van der Waals surface area contributed by atoms with E-state index in [0.29, 0.717) is 18.1 Å². The molecule has 0 aliphatic heterocycles. The van der Waals surface area contributed by atoms with Gasteiger partial charge in [0, 0.05) is 13.5 Å². The summed E-state index contributed by atoms with van der Waals surface area (Å²) in [7, 11) is 0. The van der Waals surface area contributed by atoms with Crippen LogP contribution >= 0.6 is 0 Å². The second kappa shape index (κ2) is 3.18. The lowest BCUT2D eigenvalue weighted by molar-refractivity contribution is 0.0951. The molecule has 0 atom stereocenters. The zero-order valence-electron chi connectivity index (χ0n) is 6.55. The van der Waals surface area contributed by atoms with E-state index in [0.717, 1.165) is 0 Å². The van der Waals surface area contributed by atoms with E-state index < -0.39 is 0 Å². The van der Waals surface area contributed by atoms with Crippen LogP contribution in [0, 0.1) is 6.92 Å². The fourth-order valence-electron chi connectivity index (χ4n) is 0.719. The maximum atomic E-state index is 11.0. The molecule has 0 bridgehead atoms. The lowest BCUT2D eigenvalue weighted by Crippen LogP contribution is -2.22. The number of hydrogen-bond donors (Lipinski definition) is 1. The molecule has 1 rings (SSSR count). The second-order valence-electron chi connectivity index (χ2n) is 2.11. The van der Waals surface area contributed by atoms with Crippen molar-refractivity contribution in [2.45, 2.75) is 13.8 Å². The van der Waals surface area contributed by atoms with Crippen LogP contribution in [0.2, 0.25) is 0 Å². The number of aromatic nitrogens is 1. The summed E-state index contributed by atoms with van der Waals surface area (Å²) in [4.78, 5) is 14.9. The molecule has 4 heteroatoms. The number of nitrogens with zero attached hydrogens (tertiary/aromatic N) is 1. The Balaban J connectivity index is 2.69. The van der Waals surface area contributed by atoms with Crippen molar-refractivity contribution in [3.05, 3.63) is 17.8 Å². The first-order valence-corrected chi connectivity index (χ1v) is 3.44. The Morgan fingerprint density at radius 1 is 1.82 bits per heavy atom. The van der Waals surface area contributed by atoms with Crippen LogP contribution in [-0.4, -0.2) is 17.4 Å². The van der Waals surface area contributed by atoms with Gasteiger partial charge in [0.1, 0.15) is 6.26 Å². The van der Waals surface area contributed by atoms with Crippen molar-refractivity contribution >= 4 is 5.91 Å². The van der Waals surface area contributed by atoms with Gasteiger partial charge in [-0.1, -0.05) is 0 Å². The van der Waals surface area contributed by atoms with Crippen molar-refractivity contribution in [3.8, 4) is 0 Å². The van der Waals surface area contributed by atoms with Gasteiger partial charge in [-0.15, -0.1) is 0 Å². The van der Waals surface area contributed by atoms with Crippen LogP contribution in [0.25, 0.3) is 0 Å². The second-order valence-corrected chi connectivity index (χ2v) is 2.11. The van der Waals surface area contributed by atoms with E-state index in [1.54, 1.807) is 6.92 Å². The number of nitrogens with one attached hydrogen (secondary N) is 1. The molecule has 1 N–H and O–H groups in total. The van der Waals surface area contributed by atoms with Gasteiger partial charge in [-0.2, -0.15) is 0 Å². The van der Waals surface area contributed by atoms with Gasteiger partial charge in [-0.05, 0) is 6.92 Å². The fraction of sp³-hybridized carbons (Fsp3) is 0.429. The molecule has 60 valence electrons. The van der Waals surface area contributed by atoms with Crippen LogP contribution in [0.15, 0.2) is 10.7 Å². The summed E-state index contributed by atoms with van der Waals surface area (Å²) in [6, 6.07) is 0. The Kier molecular flexibility index (Phi) is 2.25. The molecule has 0 spiro atoms. The number of hydrogen-bond acceptors (Lipinski definition) is 3. The van der Waals surface area contributed by atoms with E-state index in [2.05, 4.69) is 10.3 Å². The van der Waals surface area contributed by atoms with Crippen molar-refractivity contribution in [1.29, 1.82) is 0 Å². The number of oxazole rings is 1.